The van der Waals surface area contributed by atoms with E-state index >= 15 is 0 Å². The first-order valence-electron chi connectivity index (χ1n) is 6.95. The Morgan fingerprint density at radius 3 is 2.67 bits per heavy atom. The summed E-state index contributed by atoms with van der Waals surface area (Å²) >= 11 is 0. The summed E-state index contributed by atoms with van der Waals surface area (Å²) in [7, 11) is 0. The highest BCUT2D eigenvalue weighted by Gasteiger charge is 2.35. The van der Waals surface area contributed by atoms with Gasteiger partial charge in [0.05, 0.1) is 11.1 Å². The van der Waals surface area contributed by atoms with Crippen LogP contribution in [0.25, 0.3) is 0 Å². The molecule has 2 atom stereocenters. The first-order chi connectivity index (χ1) is 10.2. The molecule has 0 saturated carbocycles. The van der Waals surface area contributed by atoms with Crippen molar-refractivity contribution in [3.8, 4) is 0 Å². The van der Waals surface area contributed by atoms with Gasteiger partial charge in [-0.15, -0.1) is 0 Å². The number of nitrogens with one attached hydrogen (secondary N) is 3. The molecule has 0 aliphatic carbocycles. The number of pyridine rings is 1. The molecule has 21 heavy (non-hydrogen) atoms. The Bertz CT molecular complexity index is 569. The second-order valence-corrected chi connectivity index (χ2v) is 5.31. The number of piperidine rings is 1. The van der Waals surface area contributed by atoms with Crippen LogP contribution in [0.3, 0.4) is 0 Å². The Labute approximate surface area is 121 Å². The largest absolute Gasteiger partial charge is 0.355 e. The summed E-state index contributed by atoms with van der Waals surface area (Å²) in [4.78, 5) is 36.6. The van der Waals surface area contributed by atoms with E-state index in [1.807, 2.05) is 0 Å². The Morgan fingerprint density at radius 2 is 1.90 bits per heavy atom. The minimum absolute atomic E-state index is 0.270. The Kier molecular flexibility index (Phi) is 3.66. The van der Waals surface area contributed by atoms with Crippen LogP contribution in [0, 0.1) is 11.8 Å². The molecule has 3 amide bonds. The monoisotopic (exact) mass is 288 g/mol. The lowest BCUT2D eigenvalue weighted by Gasteiger charge is -2.22. The molecule has 1 aromatic rings. The van der Waals surface area contributed by atoms with Crippen molar-refractivity contribution < 1.29 is 14.4 Å². The van der Waals surface area contributed by atoms with Crippen molar-refractivity contribution in [2.75, 3.05) is 19.6 Å². The summed E-state index contributed by atoms with van der Waals surface area (Å²) in [5, 5.41) is 8.33. The van der Waals surface area contributed by atoms with Gasteiger partial charge in [-0.2, -0.15) is 0 Å². The Balaban J connectivity index is 0.000000126. The number of rotatable bonds is 0. The molecule has 7 heteroatoms. The molecule has 0 spiro atoms. The Morgan fingerprint density at radius 1 is 1.10 bits per heavy atom. The average molecular weight is 288 g/mol. The third kappa shape index (κ3) is 2.64. The van der Waals surface area contributed by atoms with Crippen LogP contribution in [-0.2, 0) is 4.79 Å². The van der Waals surface area contributed by atoms with Crippen molar-refractivity contribution >= 4 is 17.7 Å². The van der Waals surface area contributed by atoms with Crippen molar-refractivity contribution in [1.82, 2.24) is 20.9 Å². The van der Waals surface area contributed by atoms with Crippen molar-refractivity contribution in [2.24, 2.45) is 11.8 Å². The number of imide groups is 1. The van der Waals surface area contributed by atoms with Gasteiger partial charge in [-0.25, -0.2) is 0 Å². The maximum Gasteiger partial charge on any atom is 0.260 e. The fraction of sp³-hybridized carbons (Fsp3) is 0.429. The maximum absolute atomic E-state index is 11.1. The predicted molar refractivity (Wildman–Crippen MR) is 73.5 cm³/mol. The highest BCUT2D eigenvalue weighted by Crippen LogP contribution is 2.22. The van der Waals surface area contributed by atoms with Gasteiger partial charge in [-0.3, -0.25) is 24.7 Å². The number of nitrogens with zero attached hydrogens (tertiary/aromatic N) is 1. The molecular weight excluding hydrogens is 272 g/mol. The zero-order valence-corrected chi connectivity index (χ0v) is 11.4. The number of hydrogen-bond donors (Lipinski definition) is 3. The van der Waals surface area contributed by atoms with Gasteiger partial charge in [0.25, 0.3) is 11.8 Å². The van der Waals surface area contributed by atoms with Gasteiger partial charge in [0.1, 0.15) is 0 Å². The zero-order chi connectivity index (χ0) is 14.8. The minimum Gasteiger partial charge on any atom is -0.355 e. The maximum atomic E-state index is 11.1. The van der Waals surface area contributed by atoms with Crippen LogP contribution in [0.15, 0.2) is 18.5 Å². The smallest absolute Gasteiger partial charge is 0.260 e. The van der Waals surface area contributed by atoms with Crippen LogP contribution < -0.4 is 16.0 Å². The lowest BCUT2D eigenvalue weighted by Crippen LogP contribution is -2.36. The van der Waals surface area contributed by atoms with Gasteiger partial charge in [-0.1, -0.05) is 0 Å². The minimum atomic E-state index is -0.363. The lowest BCUT2D eigenvalue weighted by atomic mass is 9.89. The van der Waals surface area contributed by atoms with E-state index in [0.717, 1.165) is 26.1 Å². The van der Waals surface area contributed by atoms with E-state index in [1.165, 1.54) is 18.5 Å². The first-order valence-corrected chi connectivity index (χ1v) is 6.95. The quantitative estimate of drug-likeness (QED) is 0.549. The highest BCUT2D eigenvalue weighted by molar-refractivity contribution is 6.21. The van der Waals surface area contributed by atoms with E-state index in [4.69, 9.17) is 0 Å². The second-order valence-electron chi connectivity index (χ2n) is 5.31. The normalized spacial score (nSPS) is 26.2. The SMILES string of the molecule is O=C1NC(=O)c2cnccc21.O=C1NCC2CNCCC12. The molecule has 2 unspecified atom stereocenters. The molecule has 1 aromatic heterocycles. The summed E-state index contributed by atoms with van der Waals surface area (Å²) in [6, 6.07) is 1.52. The van der Waals surface area contributed by atoms with Gasteiger partial charge in [0.15, 0.2) is 0 Å². The van der Waals surface area contributed by atoms with E-state index in [-0.39, 0.29) is 17.7 Å². The number of amides is 3. The number of aromatic nitrogens is 1. The van der Waals surface area contributed by atoms with Gasteiger partial charge in [0.2, 0.25) is 5.91 Å². The molecule has 4 heterocycles. The van der Waals surface area contributed by atoms with Gasteiger partial charge in [-0.05, 0) is 19.0 Å². The average Bonchev–Trinajstić information content (AvgIpc) is 3.02. The highest BCUT2D eigenvalue weighted by atomic mass is 16.2. The van der Waals surface area contributed by atoms with Crippen molar-refractivity contribution in [2.45, 2.75) is 6.42 Å². The van der Waals surface area contributed by atoms with Crippen LogP contribution >= 0.6 is 0 Å². The first kappa shape index (κ1) is 13.7. The third-order valence-electron chi connectivity index (χ3n) is 4.02. The third-order valence-corrected chi connectivity index (χ3v) is 4.02. The second kappa shape index (κ2) is 5.61. The van der Waals surface area contributed by atoms with Gasteiger partial charge < -0.3 is 10.6 Å². The van der Waals surface area contributed by atoms with Crippen LogP contribution in [0.5, 0.6) is 0 Å². The molecule has 2 fully saturated rings. The molecule has 7 nitrogen and oxygen atoms in total. The molecule has 0 radical (unpaired) electrons. The number of carbonyl (C=O) groups is 3. The molecule has 0 bridgehead atoms. The molecule has 3 aliphatic rings. The zero-order valence-electron chi connectivity index (χ0n) is 11.4. The molecule has 0 aromatic carbocycles. The van der Waals surface area contributed by atoms with E-state index in [2.05, 4.69) is 20.9 Å². The topological polar surface area (TPSA) is 100 Å². The van der Waals surface area contributed by atoms with Crippen LogP contribution in [0.4, 0.5) is 0 Å². The van der Waals surface area contributed by atoms with E-state index < -0.39 is 0 Å². The van der Waals surface area contributed by atoms with Crippen LogP contribution in [0.1, 0.15) is 27.1 Å². The van der Waals surface area contributed by atoms with Gasteiger partial charge in [0, 0.05) is 37.3 Å². The number of hydrogen-bond acceptors (Lipinski definition) is 5. The van der Waals surface area contributed by atoms with Crippen LogP contribution in [-0.4, -0.2) is 42.3 Å². The van der Waals surface area contributed by atoms with Crippen molar-refractivity contribution in [3.63, 3.8) is 0 Å². The summed E-state index contributed by atoms with van der Waals surface area (Å²) in [6.07, 6.45) is 3.89. The van der Waals surface area contributed by atoms with E-state index in [1.54, 1.807) is 0 Å². The predicted octanol–water partition coefficient (Wildman–Crippen LogP) is -0.693. The summed E-state index contributed by atoms with van der Waals surface area (Å²) in [5.74, 6) is 0.458. The van der Waals surface area contributed by atoms with E-state index in [0.29, 0.717) is 23.0 Å². The number of fused-ring (bicyclic) bond motifs is 2. The molecule has 3 N–H and O–H groups in total. The fourth-order valence-corrected chi connectivity index (χ4v) is 2.86. The molecule has 110 valence electrons. The van der Waals surface area contributed by atoms with Crippen molar-refractivity contribution in [3.05, 3.63) is 29.6 Å². The van der Waals surface area contributed by atoms with Crippen molar-refractivity contribution in [1.29, 1.82) is 0 Å². The molecular formula is C14H16N4O3. The lowest BCUT2D eigenvalue weighted by molar-refractivity contribution is -0.123. The van der Waals surface area contributed by atoms with Gasteiger partial charge >= 0.3 is 0 Å². The van der Waals surface area contributed by atoms with E-state index in [9.17, 15) is 14.4 Å². The standard InChI is InChI=1S/C7H4N2O2.C7H12N2O/c10-6-4-1-2-8-3-5(4)7(11)9-6;10-7-6-1-2-8-3-5(6)4-9-7/h1-3H,(H,9,10,11);5-6,8H,1-4H2,(H,9,10). The molecule has 2 saturated heterocycles. The summed E-state index contributed by atoms with van der Waals surface area (Å²) < 4.78 is 0. The molecule has 3 aliphatic heterocycles. The summed E-state index contributed by atoms with van der Waals surface area (Å²) in [5.41, 5.74) is 0.766. The van der Waals surface area contributed by atoms with Crippen LogP contribution in [0.2, 0.25) is 0 Å². The fourth-order valence-electron chi connectivity index (χ4n) is 2.86. The Hall–Kier alpha value is -2.28. The number of carbonyl (C=O) groups excluding carboxylic acids is 3. The molecule has 4 rings (SSSR count). The summed E-state index contributed by atoms with van der Waals surface area (Å²) in [6.45, 7) is 2.91.